The number of ether oxygens (including phenoxy) is 1. The minimum atomic E-state index is -0.331. The average Bonchev–Trinajstić information content (AvgIpc) is 2.69. The van der Waals surface area contributed by atoms with Crippen molar-refractivity contribution in [1.82, 2.24) is 10.6 Å². The fourth-order valence-corrected chi connectivity index (χ4v) is 3.48. The van der Waals surface area contributed by atoms with Crippen LogP contribution in [0.15, 0.2) is 59.8 Å². The number of hydrogen-bond acceptors (Lipinski definition) is 4. The third-order valence-corrected chi connectivity index (χ3v) is 4.90. The minimum Gasteiger partial charge on any atom is -0.494 e. The van der Waals surface area contributed by atoms with Gasteiger partial charge in [0.15, 0.2) is 5.11 Å². The summed E-state index contributed by atoms with van der Waals surface area (Å²) in [5, 5.41) is 9.76. The van der Waals surface area contributed by atoms with E-state index >= 15 is 0 Å². The first-order valence-electron chi connectivity index (χ1n) is 9.48. The zero-order valence-corrected chi connectivity index (χ0v) is 17.9. The molecule has 1 heterocycles. The molecular formula is C22H26N4O2S. The van der Waals surface area contributed by atoms with Crippen molar-refractivity contribution in [3.05, 3.63) is 65.4 Å². The van der Waals surface area contributed by atoms with Gasteiger partial charge in [-0.1, -0.05) is 12.1 Å². The van der Waals surface area contributed by atoms with Gasteiger partial charge < -0.3 is 25.6 Å². The Hall–Kier alpha value is -3.06. The second kappa shape index (κ2) is 8.96. The van der Waals surface area contributed by atoms with Gasteiger partial charge in [-0.2, -0.15) is 0 Å². The van der Waals surface area contributed by atoms with Gasteiger partial charge in [0.05, 0.1) is 18.2 Å². The highest BCUT2D eigenvalue weighted by molar-refractivity contribution is 7.80. The number of carbonyl (C=O) groups is 1. The molecule has 0 saturated carbocycles. The zero-order valence-electron chi connectivity index (χ0n) is 17.1. The van der Waals surface area contributed by atoms with Crippen LogP contribution in [0.4, 0.5) is 11.4 Å². The Morgan fingerprint density at radius 2 is 1.79 bits per heavy atom. The Bertz CT molecular complexity index is 921. The first kappa shape index (κ1) is 20.7. The number of nitrogens with zero attached hydrogens (tertiary/aromatic N) is 1. The molecule has 0 aliphatic carbocycles. The lowest BCUT2D eigenvalue weighted by Crippen LogP contribution is -2.45. The minimum absolute atomic E-state index is 0.184. The lowest BCUT2D eigenvalue weighted by Gasteiger charge is -2.30. The summed E-state index contributed by atoms with van der Waals surface area (Å²) in [6, 6.07) is 15.1. The van der Waals surface area contributed by atoms with Crippen LogP contribution in [-0.4, -0.2) is 31.7 Å². The van der Waals surface area contributed by atoms with Gasteiger partial charge >= 0.3 is 0 Å². The predicted molar refractivity (Wildman–Crippen MR) is 121 cm³/mol. The number of amides is 1. The Kier molecular flexibility index (Phi) is 6.39. The maximum absolute atomic E-state index is 13.1. The van der Waals surface area contributed by atoms with Crippen LogP contribution in [0.25, 0.3) is 0 Å². The van der Waals surface area contributed by atoms with E-state index in [1.54, 1.807) is 0 Å². The van der Waals surface area contributed by atoms with Gasteiger partial charge in [-0.25, -0.2) is 0 Å². The van der Waals surface area contributed by atoms with E-state index in [0.29, 0.717) is 23.0 Å². The SMILES string of the molecule is CCOc1ccc(NC(=O)C2=C(C)NC(=S)N[C@H]2c2ccc(N(C)C)cc2)cc1. The average molecular weight is 411 g/mol. The molecular weight excluding hydrogens is 384 g/mol. The highest BCUT2D eigenvalue weighted by Gasteiger charge is 2.30. The van der Waals surface area contributed by atoms with Crippen molar-refractivity contribution in [1.29, 1.82) is 0 Å². The molecule has 7 heteroatoms. The smallest absolute Gasteiger partial charge is 0.255 e. The largest absolute Gasteiger partial charge is 0.494 e. The first-order valence-corrected chi connectivity index (χ1v) is 9.89. The third kappa shape index (κ3) is 4.86. The van der Waals surface area contributed by atoms with E-state index in [-0.39, 0.29) is 11.9 Å². The first-order chi connectivity index (χ1) is 13.9. The van der Waals surface area contributed by atoms with Gasteiger partial charge in [0.2, 0.25) is 0 Å². The van der Waals surface area contributed by atoms with Crippen molar-refractivity contribution in [2.75, 3.05) is 30.9 Å². The lowest BCUT2D eigenvalue weighted by atomic mass is 9.94. The molecule has 0 saturated heterocycles. The highest BCUT2D eigenvalue weighted by atomic mass is 32.1. The van der Waals surface area contributed by atoms with Crippen LogP contribution in [0.2, 0.25) is 0 Å². The molecule has 2 aromatic rings. The summed E-state index contributed by atoms with van der Waals surface area (Å²) < 4.78 is 5.45. The zero-order chi connectivity index (χ0) is 21.0. The number of carbonyl (C=O) groups excluding carboxylic acids is 1. The number of nitrogens with one attached hydrogen (secondary N) is 3. The van der Waals surface area contributed by atoms with Crippen LogP contribution in [0.1, 0.15) is 25.5 Å². The molecule has 0 aromatic heterocycles. The van der Waals surface area contributed by atoms with Crippen molar-refractivity contribution in [3.63, 3.8) is 0 Å². The normalized spacial score (nSPS) is 16.0. The number of hydrogen-bond donors (Lipinski definition) is 3. The van der Waals surface area contributed by atoms with Crippen LogP contribution in [0.3, 0.4) is 0 Å². The summed E-state index contributed by atoms with van der Waals surface area (Å²) in [7, 11) is 3.99. The van der Waals surface area contributed by atoms with Gasteiger partial charge in [-0.15, -0.1) is 0 Å². The quantitative estimate of drug-likeness (QED) is 0.633. The van der Waals surface area contributed by atoms with Crippen LogP contribution in [0.5, 0.6) is 5.75 Å². The van der Waals surface area contributed by atoms with E-state index in [9.17, 15) is 4.79 Å². The topological polar surface area (TPSA) is 65.6 Å². The maximum atomic E-state index is 13.1. The molecule has 2 aromatic carbocycles. The van der Waals surface area contributed by atoms with Crippen molar-refractivity contribution in [2.24, 2.45) is 0 Å². The summed E-state index contributed by atoms with van der Waals surface area (Å²) in [6.07, 6.45) is 0. The monoisotopic (exact) mass is 410 g/mol. The summed E-state index contributed by atoms with van der Waals surface area (Å²) in [6.45, 7) is 4.40. The van der Waals surface area contributed by atoms with Gasteiger partial charge in [0.25, 0.3) is 5.91 Å². The lowest BCUT2D eigenvalue weighted by molar-refractivity contribution is -0.113. The molecule has 0 bridgehead atoms. The van der Waals surface area contributed by atoms with Crippen molar-refractivity contribution in [3.8, 4) is 5.75 Å². The van der Waals surface area contributed by atoms with Crippen LogP contribution in [-0.2, 0) is 4.79 Å². The molecule has 1 atom stereocenters. The molecule has 3 rings (SSSR count). The van der Waals surface area contributed by atoms with Gasteiger partial charge in [-0.3, -0.25) is 4.79 Å². The number of anilines is 2. The summed E-state index contributed by atoms with van der Waals surface area (Å²) in [4.78, 5) is 15.2. The van der Waals surface area contributed by atoms with E-state index in [1.807, 2.05) is 81.4 Å². The van der Waals surface area contributed by atoms with Crippen molar-refractivity contribution in [2.45, 2.75) is 19.9 Å². The second-order valence-electron chi connectivity index (χ2n) is 6.97. The number of benzene rings is 2. The van der Waals surface area contributed by atoms with E-state index in [2.05, 4.69) is 16.0 Å². The summed E-state index contributed by atoms with van der Waals surface area (Å²) in [5.41, 5.74) is 4.10. The number of rotatable bonds is 6. The van der Waals surface area contributed by atoms with E-state index in [4.69, 9.17) is 17.0 Å². The predicted octanol–water partition coefficient (Wildman–Crippen LogP) is 3.58. The maximum Gasteiger partial charge on any atom is 0.255 e. The van der Waals surface area contributed by atoms with E-state index in [0.717, 1.165) is 22.7 Å². The Labute approximate surface area is 176 Å². The van der Waals surface area contributed by atoms with Crippen molar-refractivity contribution < 1.29 is 9.53 Å². The third-order valence-electron chi connectivity index (χ3n) is 4.68. The van der Waals surface area contributed by atoms with E-state index < -0.39 is 0 Å². The van der Waals surface area contributed by atoms with Crippen molar-refractivity contribution >= 4 is 34.6 Å². The number of allylic oxidation sites excluding steroid dienone is 1. The molecule has 0 unspecified atom stereocenters. The molecule has 1 amide bonds. The fourth-order valence-electron chi connectivity index (χ4n) is 3.21. The molecule has 6 nitrogen and oxygen atoms in total. The van der Waals surface area contributed by atoms with Crippen LogP contribution in [0, 0.1) is 0 Å². The van der Waals surface area contributed by atoms with Gasteiger partial charge in [0.1, 0.15) is 5.75 Å². The fraction of sp³-hybridized carbons (Fsp3) is 0.273. The van der Waals surface area contributed by atoms with Crippen LogP contribution >= 0.6 is 12.2 Å². The molecule has 3 N–H and O–H groups in total. The molecule has 29 heavy (non-hydrogen) atoms. The molecule has 0 spiro atoms. The Balaban J connectivity index is 1.85. The molecule has 0 radical (unpaired) electrons. The number of thiocarbonyl (C=S) groups is 1. The molecule has 1 aliphatic rings. The summed E-state index contributed by atoms with van der Waals surface area (Å²) >= 11 is 5.33. The Morgan fingerprint density at radius 1 is 1.14 bits per heavy atom. The second-order valence-corrected chi connectivity index (χ2v) is 7.38. The molecule has 0 fully saturated rings. The van der Waals surface area contributed by atoms with Gasteiger partial charge in [0, 0.05) is 31.2 Å². The Morgan fingerprint density at radius 3 is 2.38 bits per heavy atom. The van der Waals surface area contributed by atoms with Gasteiger partial charge in [-0.05, 0) is 68.0 Å². The summed E-state index contributed by atoms with van der Waals surface area (Å²) in [5.74, 6) is 0.585. The standard InChI is InChI=1S/C22H26N4O2S/c1-5-28-18-12-8-16(9-13-18)24-21(27)19-14(2)23-22(29)25-20(19)15-6-10-17(11-7-15)26(3)4/h6-13,20H,5H2,1-4H3,(H,24,27)(H2,23,25,29)/t20-/m0/s1. The van der Waals surface area contributed by atoms with E-state index in [1.165, 1.54) is 0 Å². The van der Waals surface area contributed by atoms with Crippen LogP contribution < -0.4 is 25.6 Å². The molecule has 152 valence electrons. The molecule has 1 aliphatic heterocycles. The highest BCUT2D eigenvalue weighted by Crippen LogP contribution is 2.29.